The molecule has 0 saturated carbocycles. The summed E-state index contributed by atoms with van der Waals surface area (Å²) < 4.78 is 0. The maximum Gasteiger partial charge on any atom is 0.317 e. The minimum absolute atomic E-state index is 0. The number of aromatic nitrogens is 4. The Morgan fingerprint density at radius 2 is 0.812 bits per heavy atom. The zero-order valence-corrected chi connectivity index (χ0v) is 38.7. The summed E-state index contributed by atoms with van der Waals surface area (Å²) in [7, 11) is 0. The molecule has 0 aliphatic carbocycles. The van der Waals surface area contributed by atoms with Crippen molar-refractivity contribution < 1.29 is 69.3 Å². The van der Waals surface area contributed by atoms with Crippen LogP contribution < -0.4 is 10.6 Å². The van der Waals surface area contributed by atoms with Crippen molar-refractivity contribution in [2.45, 2.75) is 32.6 Å². The molecule has 1 saturated heterocycles. The topological polar surface area (TPSA) is 204 Å². The predicted molar refractivity (Wildman–Crippen MR) is 237 cm³/mol. The van der Waals surface area contributed by atoms with Crippen molar-refractivity contribution >= 4 is 23.8 Å². The van der Waals surface area contributed by atoms with Gasteiger partial charge >= 0.3 is 11.9 Å². The Labute approximate surface area is 408 Å². The molecular weight excluding hydrogens is 962 g/mol. The van der Waals surface area contributed by atoms with E-state index in [1.54, 1.807) is 24.8 Å². The van der Waals surface area contributed by atoms with Gasteiger partial charge in [-0.2, -0.15) is 0 Å². The van der Waals surface area contributed by atoms with Gasteiger partial charge in [-0.15, -0.1) is 0 Å². The molecule has 0 spiro atoms. The van der Waals surface area contributed by atoms with Crippen molar-refractivity contribution in [1.82, 2.24) is 60.0 Å². The average molecular weight is 1020 g/mol. The number of carbonyl (C=O) groups excluding carboxylic acids is 2. The van der Waals surface area contributed by atoms with E-state index in [4.69, 9.17) is 0 Å². The van der Waals surface area contributed by atoms with E-state index in [-0.39, 0.29) is 77.8 Å². The second kappa shape index (κ2) is 29.9. The Balaban J connectivity index is 0.00000898. The summed E-state index contributed by atoms with van der Waals surface area (Å²) in [5, 5.41) is 25.6. The van der Waals surface area contributed by atoms with Crippen LogP contribution in [0.25, 0.3) is 0 Å². The summed E-state index contributed by atoms with van der Waals surface area (Å²) in [5.41, 5.74) is 3.67. The molecule has 5 heterocycles. The van der Waals surface area contributed by atoms with E-state index in [0.29, 0.717) is 111 Å². The van der Waals surface area contributed by atoms with Crippen LogP contribution >= 0.6 is 0 Å². The van der Waals surface area contributed by atoms with Crippen LogP contribution in [0, 0.1) is 39.9 Å². The molecule has 4 aromatic rings. The average Bonchev–Trinajstić information content (AvgIpc) is 3.27. The van der Waals surface area contributed by atoms with E-state index in [1.165, 1.54) is 0 Å². The molecule has 64 heavy (non-hydrogen) atoms. The Bertz CT molecular complexity index is 1830. The van der Waals surface area contributed by atoms with Crippen LogP contribution in [-0.4, -0.2) is 188 Å². The number of carbonyl (C=O) groups is 4. The number of nitrogens with zero attached hydrogens (tertiary/aromatic N) is 10. The Kier molecular flexibility index (Phi) is 24.4. The number of hydrogen-bond donors (Lipinski definition) is 4. The molecule has 1 aliphatic rings. The molecule has 18 nitrogen and oxygen atoms in total. The van der Waals surface area contributed by atoms with E-state index < -0.39 is 11.9 Å². The standard InChI is InChI=1S/C45H62N12O6.Gd/c58-42(50-18-21-56(31-38-9-1-5-14-46-38)32-39-10-2-6-15-47-39)13-20-52-23-25-54(36-44(60)61)29-27-53(28-30-55(26-24-52)37-45(62)63)35-43(59)51-19-22-57(33-40-11-3-7-16-48-40)34-41-12-4-8-17-49-41;/h1-12,14-17H,13,18-37H2,(H,50,58)(H,51,59)(H,60,61)(H,62,63);. The first-order valence-corrected chi connectivity index (χ1v) is 21.6. The first kappa shape index (κ1) is 52.2. The van der Waals surface area contributed by atoms with Crippen molar-refractivity contribution in [1.29, 1.82) is 0 Å². The molecule has 4 N–H and O–H groups in total. The van der Waals surface area contributed by atoms with Crippen molar-refractivity contribution in [3.8, 4) is 0 Å². The number of hydrogen-bond acceptors (Lipinski definition) is 14. The Hall–Kier alpha value is -4.44. The third-order valence-corrected chi connectivity index (χ3v) is 10.6. The van der Waals surface area contributed by atoms with E-state index >= 15 is 0 Å². The van der Waals surface area contributed by atoms with Gasteiger partial charge in [0.1, 0.15) is 0 Å². The van der Waals surface area contributed by atoms with Gasteiger partial charge in [-0.25, -0.2) is 0 Å². The molecule has 1 aliphatic heterocycles. The molecule has 0 unspecified atom stereocenters. The largest absolute Gasteiger partial charge is 0.480 e. The fraction of sp³-hybridized carbons (Fsp3) is 0.467. The summed E-state index contributed by atoms with van der Waals surface area (Å²) in [4.78, 5) is 80.3. The third kappa shape index (κ3) is 21.5. The molecule has 0 aromatic carbocycles. The van der Waals surface area contributed by atoms with Gasteiger partial charge < -0.3 is 25.7 Å². The summed E-state index contributed by atoms with van der Waals surface area (Å²) in [6, 6.07) is 23.2. The van der Waals surface area contributed by atoms with Gasteiger partial charge in [0.25, 0.3) is 0 Å². The van der Waals surface area contributed by atoms with Gasteiger partial charge in [0.2, 0.25) is 11.8 Å². The summed E-state index contributed by atoms with van der Waals surface area (Å²) in [6.45, 7) is 7.93. The van der Waals surface area contributed by atoms with Gasteiger partial charge in [-0.05, 0) is 48.5 Å². The van der Waals surface area contributed by atoms with Crippen molar-refractivity contribution in [3.63, 3.8) is 0 Å². The number of pyridine rings is 4. The molecule has 0 atom stereocenters. The second-order valence-corrected chi connectivity index (χ2v) is 15.6. The summed E-state index contributed by atoms with van der Waals surface area (Å²) in [5.74, 6) is -2.19. The minimum Gasteiger partial charge on any atom is -0.480 e. The van der Waals surface area contributed by atoms with E-state index in [9.17, 15) is 29.4 Å². The number of aliphatic carboxylic acids is 2. The predicted octanol–water partition coefficient (Wildman–Crippen LogP) is 0.985. The third-order valence-electron chi connectivity index (χ3n) is 10.6. The van der Waals surface area contributed by atoms with Gasteiger partial charge in [0.05, 0.1) is 42.4 Å². The smallest absolute Gasteiger partial charge is 0.317 e. The van der Waals surface area contributed by atoms with Crippen LogP contribution in [-0.2, 0) is 45.4 Å². The first-order chi connectivity index (χ1) is 30.7. The maximum atomic E-state index is 13.4. The Morgan fingerprint density at radius 1 is 0.484 bits per heavy atom. The normalized spacial score (nSPS) is 14.8. The SMILES string of the molecule is O=C(O)CN1CCN(CCC(=O)NCCN(Cc2ccccn2)Cc2ccccn2)CCN(CC(=O)O)CCN(CC(=O)NCCN(Cc2ccccn2)Cc2ccccn2)CC1.[Gd]. The summed E-state index contributed by atoms with van der Waals surface area (Å²) >= 11 is 0. The molecule has 2 amide bonds. The van der Waals surface area contributed by atoms with Crippen LogP contribution in [0.15, 0.2) is 97.6 Å². The van der Waals surface area contributed by atoms with Gasteiger partial charge in [0.15, 0.2) is 0 Å². The second-order valence-electron chi connectivity index (χ2n) is 15.6. The van der Waals surface area contributed by atoms with E-state index in [1.807, 2.05) is 87.5 Å². The first-order valence-electron chi connectivity index (χ1n) is 21.6. The minimum atomic E-state index is -0.953. The zero-order valence-electron chi connectivity index (χ0n) is 36.4. The monoisotopic (exact) mass is 1020 g/mol. The number of carboxylic acid groups (broad SMARTS) is 2. The molecule has 0 radical (unpaired) electrons. The van der Waals surface area contributed by atoms with Crippen molar-refractivity contribution in [2.75, 3.05) is 105 Å². The van der Waals surface area contributed by atoms with Gasteiger partial charge in [0, 0.05) is 182 Å². The zero-order chi connectivity index (χ0) is 44.5. The van der Waals surface area contributed by atoms with Crippen LogP contribution in [0.2, 0.25) is 0 Å². The summed E-state index contributed by atoms with van der Waals surface area (Å²) in [6.07, 6.45) is 7.27. The van der Waals surface area contributed by atoms with Crippen molar-refractivity contribution in [2.24, 2.45) is 0 Å². The van der Waals surface area contributed by atoms with Gasteiger partial charge in [-0.1, -0.05) is 24.3 Å². The molecule has 0 bridgehead atoms. The van der Waals surface area contributed by atoms with E-state index in [2.05, 4.69) is 45.3 Å². The van der Waals surface area contributed by atoms with Crippen LogP contribution in [0.3, 0.4) is 0 Å². The van der Waals surface area contributed by atoms with Crippen LogP contribution in [0.4, 0.5) is 0 Å². The maximum absolute atomic E-state index is 13.4. The van der Waals surface area contributed by atoms with Crippen molar-refractivity contribution in [3.05, 3.63) is 120 Å². The number of nitrogens with one attached hydrogen (secondary N) is 2. The fourth-order valence-electron chi connectivity index (χ4n) is 7.28. The molecule has 346 valence electrons. The number of carboxylic acids is 2. The molecule has 5 rings (SSSR count). The number of amides is 2. The van der Waals surface area contributed by atoms with E-state index in [0.717, 1.165) is 22.8 Å². The molecule has 1 fully saturated rings. The van der Waals surface area contributed by atoms with Gasteiger partial charge in [-0.3, -0.25) is 63.6 Å². The molecule has 4 aromatic heterocycles. The molecular formula is C45H62GdN12O6. The van der Waals surface area contributed by atoms with Crippen LogP contribution in [0.5, 0.6) is 0 Å². The Morgan fingerprint density at radius 3 is 1.14 bits per heavy atom. The number of rotatable bonds is 23. The molecule has 19 heteroatoms. The quantitative estimate of drug-likeness (QED) is 0.0819. The van der Waals surface area contributed by atoms with Crippen LogP contribution in [0.1, 0.15) is 29.2 Å². The fourth-order valence-corrected chi connectivity index (χ4v) is 7.28.